The largest absolute Gasteiger partial charge is 0.370 e. The van der Waals surface area contributed by atoms with Crippen LogP contribution < -0.4 is 5.73 Å². The predicted molar refractivity (Wildman–Crippen MR) is 36.0 cm³/mol. The van der Waals surface area contributed by atoms with Crippen molar-refractivity contribution in [3.63, 3.8) is 0 Å². The van der Waals surface area contributed by atoms with Gasteiger partial charge in [0.15, 0.2) is 6.23 Å². The van der Waals surface area contributed by atoms with Crippen LogP contribution in [-0.2, 0) is 4.79 Å². The summed E-state index contributed by atoms with van der Waals surface area (Å²) >= 11 is 0. The number of hydrogen-bond donors (Lipinski definition) is 2. The lowest BCUT2D eigenvalue weighted by molar-refractivity contribution is -0.138. The van der Waals surface area contributed by atoms with Gasteiger partial charge >= 0.3 is 0 Å². The van der Waals surface area contributed by atoms with Gasteiger partial charge in [-0.25, -0.2) is 0 Å². The van der Waals surface area contributed by atoms with Crippen molar-refractivity contribution in [2.75, 3.05) is 13.1 Å². The lowest BCUT2D eigenvalue weighted by Gasteiger charge is -2.16. The summed E-state index contributed by atoms with van der Waals surface area (Å²) in [7, 11) is 0. The van der Waals surface area contributed by atoms with Gasteiger partial charge in [0.2, 0.25) is 0 Å². The summed E-state index contributed by atoms with van der Waals surface area (Å²) in [4.78, 5) is 12.5. The molecular weight excluding hydrogens is 132 g/mol. The van der Waals surface area contributed by atoms with Gasteiger partial charge in [-0.2, -0.15) is 0 Å². The Hall–Kier alpha value is -0.610. The van der Waals surface area contributed by atoms with Crippen molar-refractivity contribution in [3.8, 4) is 0 Å². The Labute approximate surface area is 59.6 Å². The van der Waals surface area contributed by atoms with Crippen molar-refractivity contribution < 1.29 is 9.90 Å². The van der Waals surface area contributed by atoms with E-state index in [1.165, 1.54) is 0 Å². The molecule has 0 aliphatic carbocycles. The molecule has 1 fully saturated rings. The zero-order valence-corrected chi connectivity index (χ0v) is 5.79. The normalized spacial score (nSPS) is 21.2. The molecule has 1 unspecified atom stereocenters. The second-order valence-corrected chi connectivity index (χ2v) is 2.48. The van der Waals surface area contributed by atoms with Crippen LogP contribution in [0.15, 0.2) is 0 Å². The SMILES string of the molecule is NC(O)C(=O)N1CCCC1. The highest BCUT2D eigenvalue weighted by molar-refractivity contribution is 5.80. The lowest BCUT2D eigenvalue weighted by atomic mass is 10.4. The Balaban J connectivity index is 2.40. The molecule has 1 amide bonds. The predicted octanol–water partition coefficient (Wildman–Crippen LogP) is -1.11. The molecule has 1 aliphatic heterocycles. The first-order chi connectivity index (χ1) is 4.72. The van der Waals surface area contributed by atoms with E-state index in [1.54, 1.807) is 4.90 Å². The Bertz CT molecular complexity index is 130. The number of amides is 1. The first kappa shape index (κ1) is 7.50. The number of nitrogens with two attached hydrogens (primary N) is 1. The van der Waals surface area contributed by atoms with Gasteiger partial charge in [0, 0.05) is 13.1 Å². The number of hydrogen-bond acceptors (Lipinski definition) is 3. The number of carbonyl (C=O) groups is 1. The molecule has 1 rings (SSSR count). The Kier molecular flexibility index (Phi) is 2.24. The van der Waals surface area contributed by atoms with Crippen molar-refractivity contribution in [1.82, 2.24) is 4.90 Å². The number of carbonyl (C=O) groups excluding carboxylic acids is 1. The van der Waals surface area contributed by atoms with Crippen molar-refractivity contribution in [2.45, 2.75) is 19.1 Å². The summed E-state index contributed by atoms with van der Waals surface area (Å²) in [6.45, 7) is 1.49. The average Bonchev–Trinajstić information content (AvgIpc) is 2.36. The number of aliphatic hydroxyl groups is 1. The Morgan fingerprint density at radius 1 is 1.50 bits per heavy atom. The molecule has 1 aliphatic rings. The van der Waals surface area contributed by atoms with Crippen LogP contribution in [0.3, 0.4) is 0 Å². The topological polar surface area (TPSA) is 66.6 Å². The van der Waals surface area contributed by atoms with Crippen LogP contribution in [0.4, 0.5) is 0 Å². The van der Waals surface area contributed by atoms with Crippen LogP contribution >= 0.6 is 0 Å². The molecule has 0 aromatic carbocycles. The minimum absolute atomic E-state index is 0.350. The van der Waals surface area contributed by atoms with Crippen LogP contribution in [-0.4, -0.2) is 35.2 Å². The monoisotopic (exact) mass is 144 g/mol. The van der Waals surface area contributed by atoms with E-state index in [2.05, 4.69) is 0 Å². The average molecular weight is 144 g/mol. The molecule has 10 heavy (non-hydrogen) atoms. The van der Waals surface area contributed by atoms with Crippen molar-refractivity contribution >= 4 is 5.91 Å². The van der Waals surface area contributed by atoms with Gasteiger partial charge in [-0.15, -0.1) is 0 Å². The van der Waals surface area contributed by atoms with Crippen molar-refractivity contribution in [1.29, 1.82) is 0 Å². The molecule has 4 nitrogen and oxygen atoms in total. The fourth-order valence-electron chi connectivity index (χ4n) is 1.12. The van der Waals surface area contributed by atoms with Gasteiger partial charge in [0.1, 0.15) is 0 Å². The van der Waals surface area contributed by atoms with Crippen molar-refractivity contribution in [3.05, 3.63) is 0 Å². The van der Waals surface area contributed by atoms with Crippen LogP contribution in [0.5, 0.6) is 0 Å². The molecule has 4 heteroatoms. The number of likely N-dealkylation sites (tertiary alicyclic amines) is 1. The van der Waals surface area contributed by atoms with E-state index in [0.29, 0.717) is 0 Å². The zero-order valence-electron chi connectivity index (χ0n) is 5.79. The molecule has 3 N–H and O–H groups in total. The molecule has 0 radical (unpaired) electrons. The summed E-state index contributed by atoms with van der Waals surface area (Å²) < 4.78 is 0. The smallest absolute Gasteiger partial charge is 0.266 e. The third-order valence-electron chi connectivity index (χ3n) is 1.67. The summed E-state index contributed by atoms with van der Waals surface area (Å²) in [6, 6.07) is 0. The maximum absolute atomic E-state index is 10.9. The maximum atomic E-state index is 10.9. The molecule has 0 aromatic heterocycles. The highest BCUT2D eigenvalue weighted by atomic mass is 16.3. The molecule has 0 bridgehead atoms. The van der Waals surface area contributed by atoms with Crippen LogP contribution in [0.1, 0.15) is 12.8 Å². The maximum Gasteiger partial charge on any atom is 0.266 e. The Morgan fingerprint density at radius 3 is 2.40 bits per heavy atom. The fraction of sp³-hybridized carbons (Fsp3) is 0.833. The molecule has 1 heterocycles. The molecule has 58 valence electrons. The van der Waals surface area contributed by atoms with E-state index in [4.69, 9.17) is 10.8 Å². The van der Waals surface area contributed by atoms with E-state index in [-0.39, 0.29) is 5.91 Å². The lowest BCUT2D eigenvalue weighted by Crippen LogP contribution is -2.41. The van der Waals surface area contributed by atoms with Crippen LogP contribution in [0, 0.1) is 0 Å². The molecule has 1 saturated heterocycles. The highest BCUT2D eigenvalue weighted by Crippen LogP contribution is 2.07. The minimum Gasteiger partial charge on any atom is -0.370 e. The van der Waals surface area contributed by atoms with E-state index in [9.17, 15) is 4.79 Å². The van der Waals surface area contributed by atoms with E-state index < -0.39 is 6.23 Å². The number of rotatable bonds is 1. The molecule has 1 atom stereocenters. The highest BCUT2D eigenvalue weighted by Gasteiger charge is 2.21. The quantitative estimate of drug-likeness (QED) is 0.458. The standard InChI is InChI=1S/C6H12N2O2/c7-5(9)6(10)8-3-1-2-4-8/h5,9H,1-4,7H2. The second-order valence-electron chi connectivity index (χ2n) is 2.48. The molecular formula is C6H12N2O2. The number of aliphatic hydroxyl groups excluding tert-OH is 1. The number of nitrogens with zero attached hydrogens (tertiary/aromatic N) is 1. The van der Waals surface area contributed by atoms with Crippen LogP contribution in [0.2, 0.25) is 0 Å². The van der Waals surface area contributed by atoms with Crippen molar-refractivity contribution in [2.24, 2.45) is 5.73 Å². The van der Waals surface area contributed by atoms with Gasteiger partial charge in [0.05, 0.1) is 0 Å². The molecule has 0 saturated carbocycles. The zero-order chi connectivity index (χ0) is 7.56. The molecule has 0 aromatic rings. The Morgan fingerprint density at radius 2 is 2.00 bits per heavy atom. The van der Waals surface area contributed by atoms with Gasteiger partial charge in [-0.1, -0.05) is 0 Å². The second kappa shape index (κ2) is 2.98. The van der Waals surface area contributed by atoms with Gasteiger partial charge in [0.25, 0.3) is 5.91 Å². The summed E-state index contributed by atoms with van der Waals surface area (Å²) in [5.41, 5.74) is 4.98. The van der Waals surface area contributed by atoms with E-state index in [0.717, 1.165) is 25.9 Å². The van der Waals surface area contributed by atoms with Gasteiger partial charge in [-0.05, 0) is 12.8 Å². The minimum atomic E-state index is -1.32. The summed E-state index contributed by atoms with van der Waals surface area (Å²) in [5.74, 6) is -0.350. The van der Waals surface area contributed by atoms with Gasteiger partial charge in [-0.3, -0.25) is 10.5 Å². The van der Waals surface area contributed by atoms with E-state index >= 15 is 0 Å². The first-order valence-electron chi connectivity index (χ1n) is 3.44. The first-order valence-corrected chi connectivity index (χ1v) is 3.44. The third-order valence-corrected chi connectivity index (χ3v) is 1.67. The summed E-state index contributed by atoms with van der Waals surface area (Å²) in [6.07, 6.45) is 0.731. The third kappa shape index (κ3) is 1.46. The van der Waals surface area contributed by atoms with Gasteiger partial charge < -0.3 is 10.0 Å². The summed E-state index contributed by atoms with van der Waals surface area (Å²) in [5, 5.41) is 8.67. The van der Waals surface area contributed by atoms with Crippen LogP contribution in [0.25, 0.3) is 0 Å². The fourth-order valence-corrected chi connectivity index (χ4v) is 1.12. The van der Waals surface area contributed by atoms with E-state index in [1.807, 2.05) is 0 Å². The molecule has 0 spiro atoms.